The van der Waals surface area contributed by atoms with Crippen molar-refractivity contribution in [2.45, 2.75) is 25.3 Å². The van der Waals surface area contributed by atoms with E-state index in [0.29, 0.717) is 25.3 Å². The number of carbonyl (C=O) groups excluding carboxylic acids is 2. The van der Waals surface area contributed by atoms with Crippen molar-refractivity contribution >= 4 is 17.5 Å². The quantitative estimate of drug-likeness (QED) is 0.847. The zero-order chi connectivity index (χ0) is 19.2. The second kappa shape index (κ2) is 8.77. The number of ether oxygens (including phenoxy) is 1. The number of nitrogens with one attached hydrogen (secondary N) is 1. The molecule has 1 aliphatic rings. The summed E-state index contributed by atoms with van der Waals surface area (Å²) in [6.45, 7) is 0.949. The van der Waals surface area contributed by atoms with Crippen LogP contribution >= 0.6 is 0 Å². The molecule has 0 saturated carbocycles. The van der Waals surface area contributed by atoms with Gasteiger partial charge in [-0.25, -0.2) is 4.39 Å². The number of methoxy groups -OCH3 is 1. The zero-order valence-electron chi connectivity index (χ0n) is 15.3. The van der Waals surface area contributed by atoms with E-state index in [1.54, 1.807) is 30.2 Å². The van der Waals surface area contributed by atoms with Crippen LogP contribution in [0.4, 0.5) is 10.1 Å². The molecule has 3 rings (SSSR count). The van der Waals surface area contributed by atoms with Crippen molar-refractivity contribution in [3.63, 3.8) is 0 Å². The number of anilines is 1. The number of amides is 2. The lowest BCUT2D eigenvalue weighted by atomic mass is 10.1. The van der Waals surface area contributed by atoms with Gasteiger partial charge in [-0.05, 0) is 48.2 Å². The molecular formula is C21H23FN2O3. The molecule has 0 spiro atoms. The Bertz CT molecular complexity index is 807. The van der Waals surface area contributed by atoms with Crippen LogP contribution in [0, 0.1) is 5.82 Å². The number of hydrogen-bond acceptors (Lipinski definition) is 3. The lowest BCUT2D eigenvalue weighted by molar-refractivity contribution is -0.137. The fourth-order valence-electron chi connectivity index (χ4n) is 3.31. The van der Waals surface area contributed by atoms with Crippen LogP contribution in [0.5, 0.6) is 0 Å². The Morgan fingerprint density at radius 2 is 1.96 bits per heavy atom. The van der Waals surface area contributed by atoms with Gasteiger partial charge in [-0.15, -0.1) is 0 Å². The highest BCUT2D eigenvalue weighted by Gasteiger charge is 2.33. The molecule has 1 aliphatic heterocycles. The average molecular weight is 370 g/mol. The molecular weight excluding hydrogens is 347 g/mol. The van der Waals surface area contributed by atoms with Crippen LogP contribution in [-0.4, -0.2) is 43.0 Å². The summed E-state index contributed by atoms with van der Waals surface area (Å²) in [5, 5.41) is 2.88. The van der Waals surface area contributed by atoms with Gasteiger partial charge in [0, 0.05) is 19.3 Å². The van der Waals surface area contributed by atoms with E-state index in [1.165, 1.54) is 12.1 Å². The third-order valence-corrected chi connectivity index (χ3v) is 4.71. The molecule has 2 amide bonds. The molecule has 1 saturated heterocycles. The highest BCUT2D eigenvalue weighted by atomic mass is 19.1. The van der Waals surface area contributed by atoms with E-state index < -0.39 is 6.04 Å². The summed E-state index contributed by atoms with van der Waals surface area (Å²) in [5.74, 6) is -0.530. The minimum atomic E-state index is -0.447. The molecule has 2 aromatic rings. The molecule has 2 aromatic carbocycles. The van der Waals surface area contributed by atoms with Crippen molar-refractivity contribution in [1.29, 1.82) is 0 Å². The summed E-state index contributed by atoms with van der Waals surface area (Å²) in [5.41, 5.74) is 2.29. The lowest BCUT2D eigenvalue weighted by Gasteiger charge is -2.24. The highest BCUT2D eigenvalue weighted by Crippen LogP contribution is 2.24. The van der Waals surface area contributed by atoms with E-state index in [4.69, 9.17) is 4.74 Å². The lowest BCUT2D eigenvalue weighted by Crippen LogP contribution is -2.43. The Kier molecular flexibility index (Phi) is 6.19. The van der Waals surface area contributed by atoms with E-state index in [1.807, 2.05) is 18.2 Å². The number of rotatable bonds is 6. The third-order valence-electron chi connectivity index (χ3n) is 4.71. The number of carbonyl (C=O) groups is 2. The van der Waals surface area contributed by atoms with Crippen LogP contribution in [0.25, 0.3) is 11.1 Å². The second-order valence-corrected chi connectivity index (χ2v) is 6.56. The van der Waals surface area contributed by atoms with Crippen LogP contribution < -0.4 is 5.32 Å². The SMILES string of the molecule is COCCC(=O)N1CCCC1C(=O)Nc1ccc(-c2cccc(F)c2)cc1. The van der Waals surface area contributed by atoms with Crippen LogP contribution in [0.2, 0.25) is 0 Å². The Labute approximate surface area is 158 Å². The Balaban J connectivity index is 1.64. The summed E-state index contributed by atoms with van der Waals surface area (Å²) in [7, 11) is 1.55. The number of hydrogen-bond donors (Lipinski definition) is 1. The van der Waals surface area contributed by atoms with Gasteiger partial charge >= 0.3 is 0 Å². The number of benzene rings is 2. The molecule has 0 aromatic heterocycles. The van der Waals surface area contributed by atoms with Gasteiger partial charge in [0.1, 0.15) is 11.9 Å². The van der Waals surface area contributed by atoms with Gasteiger partial charge in [-0.3, -0.25) is 9.59 Å². The fraction of sp³-hybridized carbons (Fsp3) is 0.333. The van der Waals surface area contributed by atoms with E-state index in [0.717, 1.165) is 17.5 Å². The van der Waals surface area contributed by atoms with Crippen LogP contribution in [0.3, 0.4) is 0 Å². The fourth-order valence-corrected chi connectivity index (χ4v) is 3.31. The smallest absolute Gasteiger partial charge is 0.247 e. The van der Waals surface area contributed by atoms with Gasteiger partial charge in [0.15, 0.2) is 0 Å². The number of likely N-dealkylation sites (tertiary alicyclic amines) is 1. The topological polar surface area (TPSA) is 58.6 Å². The first kappa shape index (κ1) is 19.0. The van der Waals surface area contributed by atoms with E-state index >= 15 is 0 Å². The Morgan fingerprint density at radius 3 is 2.67 bits per heavy atom. The van der Waals surface area contributed by atoms with Gasteiger partial charge in [0.05, 0.1) is 13.0 Å². The summed E-state index contributed by atoms with van der Waals surface area (Å²) in [6, 6.07) is 13.1. The molecule has 1 atom stereocenters. The van der Waals surface area contributed by atoms with Crippen LogP contribution in [-0.2, 0) is 14.3 Å². The van der Waals surface area contributed by atoms with Crippen LogP contribution in [0.1, 0.15) is 19.3 Å². The maximum atomic E-state index is 13.4. The molecule has 0 bridgehead atoms. The molecule has 6 heteroatoms. The maximum Gasteiger partial charge on any atom is 0.247 e. The first-order valence-corrected chi connectivity index (χ1v) is 9.04. The van der Waals surface area contributed by atoms with Crippen molar-refractivity contribution < 1.29 is 18.7 Å². The number of halogens is 1. The monoisotopic (exact) mass is 370 g/mol. The minimum Gasteiger partial charge on any atom is -0.384 e. The molecule has 27 heavy (non-hydrogen) atoms. The van der Waals surface area contributed by atoms with Gasteiger partial charge in [0.2, 0.25) is 11.8 Å². The summed E-state index contributed by atoms with van der Waals surface area (Å²) in [6.07, 6.45) is 1.75. The van der Waals surface area contributed by atoms with Crippen LogP contribution in [0.15, 0.2) is 48.5 Å². The van der Waals surface area contributed by atoms with E-state index in [9.17, 15) is 14.0 Å². The molecule has 1 unspecified atom stereocenters. The Morgan fingerprint density at radius 1 is 1.19 bits per heavy atom. The molecule has 1 fully saturated rings. The standard InChI is InChI=1S/C21H23FN2O3/c1-27-13-11-20(25)24-12-3-6-19(24)21(26)23-18-9-7-15(8-10-18)16-4-2-5-17(22)14-16/h2,4-5,7-10,14,19H,3,6,11-13H2,1H3,(H,23,26). The largest absolute Gasteiger partial charge is 0.384 e. The van der Waals surface area contributed by atoms with Crippen molar-refractivity contribution in [3.05, 3.63) is 54.3 Å². The van der Waals surface area contributed by atoms with Crippen molar-refractivity contribution in [1.82, 2.24) is 4.90 Å². The van der Waals surface area contributed by atoms with E-state index in [2.05, 4.69) is 5.32 Å². The highest BCUT2D eigenvalue weighted by molar-refractivity contribution is 5.97. The first-order valence-electron chi connectivity index (χ1n) is 9.04. The average Bonchev–Trinajstić information content (AvgIpc) is 3.17. The summed E-state index contributed by atoms with van der Waals surface area (Å²) < 4.78 is 18.3. The van der Waals surface area contributed by atoms with Gasteiger partial charge < -0.3 is 15.0 Å². The molecule has 0 radical (unpaired) electrons. The summed E-state index contributed by atoms with van der Waals surface area (Å²) >= 11 is 0. The second-order valence-electron chi connectivity index (χ2n) is 6.56. The predicted molar refractivity (Wildman–Crippen MR) is 102 cm³/mol. The predicted octanol–water partition coefficient (Wildman–Crippen LogP) is 3.46. The number of nitrogens with zero attached hydrogens (tertiary/aromatic N) is 1. The van der Waals surface area contributed by atoms with Crippen molar-refractivity contribution in [2.24, 2.45) is 0 Å². The molecule has 5 nitrogen and oxygen atoms in total. The maximum absolute atomic E-state index is 13.4. The van der Waals surface area contributed by atoms with Crippen molar-refractivity contribution in [2.75, 3.05) is 25.6 Å². The van der Waals surface area contributed by atoms with Gasteiger partial charge in [0.25, 0.3) is 0 Å². The van der Waals surface area contributed by atoms with Gasteiger partial charge in [-0.2, -0.15) is 0 Å². The first-order chi connectivity index (χ1) is 13.1. The van der Waals surface area contributed by atoms with E-state index in [-0.39, 0.29) is 24.1 Å². The Hall–Kier alpha value is -2.73. The summed E-state index contributed by atoms with van der Waals surface area (Å²) in [4.78, 5) is 26.5. The molecule has 142 valence electrons. The third kappa shape index (κ3) is 4.71. The molecule has 1 heterocycles. The molecule has 0 aliphatic carbocycles. The minimum absolute atomic E-state index is 0.0593. The normalized spacial score (nSPS) is 16.4. The molecule has 1 N–H and O–H groups in total. The van der Waals surface area contributed by atoms with Crippen molar-refractivity contribution in [3.8, 4) is 11.1 Å². The van der Waals surface area contributed by atoms with Gasteiger partial charge in [-0.1, -0.05) is 24.3 Å². The zero-order valence-corrected chi connectivity index (χ0v) is 15.3.